The molecule has 2 heterocycles. The van der Waals surface area contributed by atoms with E-state index in [4.69, 9.17) is 0 Å². The number of piperidine rings is 1. The Morgan fingerprint density at radius 3 is 2.46 bits per heavy atom. The molecule has 4 rings (SSSR count). The van der Waals surface area contributed by atoms with Crippen molar-refractivity contribution in [3.8, 4) is 0 Å². The zero-order valence-electron chi connectivity index (χ0n) is 16.7. The normalized spacial score (nSPS) is 28.6. The Hall–Kier alpha value is -1.53. The lowest BCUT2D eigenvalue weighted by molar-refractivity contribution is -0.129. The quantitative estimate of drug-likeness (QED) is 0.852. The molecule has 1 spiro atoms. The summed E-state index contributed by atoms with van der Waals surface area (Å²) in [6.45, 7) is 5.48. The molecule has 3 fully saturated rings. The molecule has 0 aromatic heterocycles. The van der Waals surface area contributed by atoms with E-state index in [1.165, 1.54) is 12.1 Å². The van der Waals surface area contributed by atoms with E-state index in [-0.39, 0.29) is 17.4 Å². The van der Waals surface area contributed by atoms with Gasteiger partial charge in [0.2, 0.25) is 5.91 Å². The maximum Gasteiger partial charge on any atom is 0.241 e. The standard InChI is InChI=1S/C22H31F2N3O/c1-2-9-27-15-25-21(28)22(27)7-10-26(11-8-22)20-6-4-3-5-19(20)16-12-17(23)14-18(24)13-16/h12-14,19-20H,2-11,15H2,1H3,(H,25,28)/t19-,20-/m1/s1. The fourth-order valence-electron chi connectivity index (χ4n) is 5.68. The van der Waals surface area contributed by atoms with Crippen LogP contribution in [0.5, 0.6) is 0 Å². The molecule has 1 saturated carbocycles. The number of rotatable bonds is 4. The van der Waals surface area contributed by atoms with Gasteiger partial charge in [-0.05, 0) is 55.7 Å². The van der Waals surface area contributed by atoms with Gasteiger partial charge in [-0.3, -0.25) is 14.6 Å². The van der Waals surface area contributed by atoms with Gasteiger partial charge < -0.3 is 5.32 Å². The molecule has 2 aliphatic heterocycles. The lowest BCUT2D eigenvalue weighted by Gasteiger charge is -2.47. The lowest BCUT2D eigenvalue weighted by atomic mass is 9.77. The average molecular weight is 392 g/mol. The van der Waals surface area contributed by atoms with Gasteiger partial charge in [-0.2, -0.15) is 0 Å². The molecule has 4 nitrogen and oxygen atoms in total. The van der Waals surface area contributed by atoms with Gasteiger partial charge in [-0.1, -0.05) is 19.8 Å². The molecule has 2 saturated heterocycles. The SMILES string of the molecule is CCCN1CNC(=O)C12CCN([C@@H]1CCCC[C@@H]1c1cc(F)cc(F)c1)CC2. The third-order valence-corrected chi connectivity index (χ3v) is 7.09. The zero-order chi connectivity index (χ0) is 19.7. The van der Waals surface area contributed by atoms with Gasteiger partial charge >= 0.3 is 0 Å². The van der Waals surface area contributed by atoms with Crippen LogP contribution in [-0.4, -0.2) is 53.6 Å². The smallest absolute Gasteiger partial charge is 0.241 e. The topological polar surface area (TPSA) is 35.6 Å². The Balaban J connectivity index is 1.50. The molecule has 28 heavy (non-hydrogen) atoms. The van der Waals surface area contributed by atoms with E-state index >= 15 is 0 Å². The van der Waals surface area contributed by atoms with Crippen LogP contribution in [0.3, 0.4) is 0 Å². The Bertz CT molecular complexity index is 697. The number of nitrogens with zero attached hydrogens (tertiary/aromatic N) is 2. The Morgan fingerprint density at radius 2 is 1.79 bits per heavy atom. The summed E-state index contributed by atoms with van der Waals surface area (Å²) in [7, 11) is 0. The van der Waals surface area contributed by atoms with E-state index in [0.29, 0.717) is 12.7 Å². The van der Waals surface area contributed by atoms with Crippen LogP contribution in [0.15, 0.2) is 18.2 Å². The van der Waals surface area contributed by atoms with Gasteiger partial charge in [0.05, 0.1) is 6.67 Å². The summed E-state index contributed by atoms with van der Waals surface area (Å²) in [6, 6.07) is 4.26. The van der Waals surface area contributed by atoms with E-state index in [2.05, 4.69) is 22.0 Å². The molecule has 3 aliphatic rings. The second-order valence-corrected chi connectivity index (χ2v) is 8.66. The van der Waals surface area contributed by atoms with Crippen molar-refractivity contribution in [2.75, 3.05) is 26.3 Å². The second kappa shape index (κ2) is 8.07. The lowest BCUT2D eigenvalue weighted by Crippen LogP contribution is -2.58. The number of halogens is 2. The summed E-state index contributed by atoms with van der Waals surface area (Å²) in [6.07, 6.45) is 6.99. The monoisotopic (exact) mass is 391 g/mol. The molecule has 1 aromatic carbocycles. The molecule has 0 bridgehead atoms. The number of carbonyl (C=O) groups is 1. The van der Waals surface area contributed by atoms with Gasteiger partial charge in [0.25, 0.3) is 0 Å². The van der Waals surface area contributed by atoms with Gasteiger partial charge in [0, 0.05) is 31.7 Å². The Morgan fingerprint density at radius 1 is 1.11 bits per heavy atom. The van der Waals surface area contributed by atoms with Crippen LogP contribution >= 0.6 is 0 Å². The molecular weight excluding hydrogens is 360 g/mol. The highest BCUT2D eigenvalue weighted by Gasteiger charge is 2.50. The van der Waals surface area contributed by atoms with E-state index in [0.717, 1.165) is 76.2 Å². The predicted octanol–water partition coefficient (Wildman–Crippen LogP) is 3.62. The third kappa shape index (κ3) is 3.57. The van der Waals surface area contributed by atoms with Crippen molar-refractivity contribution >= 4 is 5.91 Å². The summed E-state index contributed by atoms with van der Waals surface area (Å²) >= 11 is 0. The average Bonchev–Trinajstić information content (AvgIpc) is 2.98. The summed E-state index contributed by atoms with van der Waals surface area (Å²) in [5, 5.41) is 3.04. The zero-order valence-corrected chi connectivity index (χ0v) is 16.7. The predicted molar refractivity (Wildman–Crippen MR) is 105 cm³/mol. The first-order chi connectivity index (χ1) is 13.5. The second-order valence-electron chi connectivity index (χ2n) is 8.66. The van der Waals surface area contributed by atoms with Crippen molar-refractivity contribution in [2.24, 2.45) is 0 Å². The molecule has 0 radical (unpaired) electrons. The minimum atomic E-state index is -0.491. The minimum Gasteiger partial charge on any atom is -0.342 e. The van der Waals surface area contributed by atoms with Crippen LogP contribution in [0.1, 0.15) is 63.4 Å². The summed E-state index contributed by atoms with van der Waals surface area (Å²) in [4.78, 5) is 17.4. The highest BCUT2D eigenvalue weighted by atomic mass is 19.1. The van der Waals surface area contributed by atoms with Crippen molar-refractivity contribution in [2.45, 2.75) is 69.4 Å². The highest BCUT2D eigenvalue weighted by Crippen LogP contribution is 2.40. The van der Waals surface area contributed by atoms with Crippen LogP contribution in [0, 0.1) is 11.6 Å². The number of nitrogens with one attached hydrogen (secondary N) is 1. The number of hydrogen-bond acceptors (Lipinski definition) is 3. The van der Waals surface area contributed by atoms with Gasteiger partial charge in [0.1, 0.15) is 17.2 Å². The molecule has 154 valence electrons. The fourth-order valence-corrected chi connectivity index (χ4v) is 5.68. The molecule has 2 atom stereocenters. The van der Waals surface area contributed by atoms with Crippen LogP contribution < -0.4 is 5.32 Å². The third-order valence-electron chi connectivity index (χ3n) is 7.09. The highest BCUT2D eigenvalue weighted by molar-refractivity contribution is 5.88. The number of amides is 1. The van der Waals surface area contributed by atoms with Crippen molar-refractivity contribution in [3.05, 3.63) is 35.4 Å². The fraction of sp³-hybridized carbons (Fsp3) is 0.682. The van der Waals surface area contributed by atoms with Crippen LogP contribution in [0.25, 0.3) is 0 Å². The van der Waals surface area contributed by atoms with Crippen molar-refractivity contribution in [3.63, 3.8) is 0 Å². The van der Waals surface area contributed by atoms with Gasteiger partial charge in [0.15, 0.2) is 0 Å². The van der Waals surface area contributed by atoms with Crippen molar-refractivity contribution in [1.29, 1.82) is 0 Å². The Labute approximate surface area is 166 Å². The largest absolute Gasteiger partial charge is 0.342 e. The summed E-state index contributed by atoms with van der Waals surface area (Å²) < 4.78 is 27.6. The maximum absolute atomic E-state index is 13.8. The number of likely N-dealkylation sites (tertiary alicyclic amines) is 1. The molecule has 1 amide bonds. The van der Waals surface area contributed by atoms with Crippen LogP contribution in [0.4, 0.5) is 8.78 Å². The molecule has 1 aliphatic carbocycles. The van der Waals surface area contributed by atoms with Gasteiger partial charge in [-0.15, -0.1) is 0 Å². The first-order valence-electron chi connectivity index (χ1n) is 10.8. The molecular formula is C22H31F2N3O. The first-order valence-corrected chi connectivity index (χ1v) is 10.8. The maximum atomic E-state index is 13.8. The van der Waals surface area contributed by atoms with E-state index in [1.54, 1.807) is 0 Å². The van der Waals surface area contributed by atoms with E-state index in [9.17, 15) is 13.6 Å². The summed E-state index contributed by atoms with van der Waals surface area (Å²) in [5.41, 5.74) is 0.426. The van der Waals surface area contributed by atoms with E-state index < -0.39 is 11.6 Å². The van der Waals surface area contributed by atoms with Crippen LogP contribution in [0.2, 0.25) is 0 Å². The van der Waals surface area contributed by atoms with Gasteiger partial charge in [-0.25, -0.2) is 8.78 Å². The number of benzene rings is 1. The molecule has 0 unspecified atom stereocenters. The van der Waals surface area contributed by atoms with E-state index in [1.807, 2.05) is 0 Å². The Kier molecular flexibility index (Phi) is 5.70. The molecule has 1 N–H and O–H groups in total. The molecule has 1 aromatic rings. The van der Waals surface area contributed by atoms with Crippen LogP contribution in [-0.2, 0) is 4.79 Å². The number of carbonyl (C=O) groups excluding carboxylic acids is 1. The van der Waals surface area contributed by atoms with Crippen molar-refractivity contribution in [1.82, 2.24) is 15.1 Å². The first kappa shape index (κ1) is 19.8. The van der Waals surface area contributed by atoms with Crippen molar-refractivity contribution < 1.29 is 13.6 Å². The number of hydrogen-bond donors (Lipinski definition) is 1. The summed E-state index contributed by atoms with van der Waals surface area (Å²) in [5.74, 6) is -0.644. The molecule has 6 heteroatoms. The minimum absolute atomic E-state index is 0.164.